The van der Waals surface area contributed by atoms with Gasteiger partial charge in [0.15, 0.2) is 0 Å². The molecule has 0 aromatic heterocycles. The summed E-state index contributed by atoms with van der Waals surface area (Å²) in [5.74, 6) is -1.02. The summed E-state index contributed by atoms with van der Waals surface area (Å²) in [4.78, 5) is 24.7. The lowest BCUT2D eigenvalue weighted by Crippen LogP contribution is -2.51. The van der Waals surface area contributed by atoms with Crippen LogP contribution in [0.4, 0.5) is 4.79 Å². The third-order valence-electron chi connectivity index (χ3n) is 3.02. The predicted molar refractivity (Wildman–Crippen MR) is 70.1 cm³/mol. The average Bonchev–Trinajstić information content (AvgIpc) is 2.36. The molecule has 0 bridgehead atoms. The molecule has 0 aromatic carbocycles. The Hall–Kier alpha value is -1.34. The van der Waals surface area contributed by atoms with Crippen molar-refractivity contribution in [3.05, 3.63) is 0 Å². The van der Waals surface area contributed by atoms with Crippen molar-refractivity contribution in [1.82, 2.24) is 15.5 Å². The maximum absolute atomic E-state index is 11.6. The van der Waals surface area contributed by atoms with Gasteiger partial charge in [-0.2, -0.15) is 0 Å². The number of carbonyl (C=O) groups is 2. The summed E-state index contributed by atoms with van der Waals surface area (Å²) in [7, 11) is 0. The lowest BCUT2D eigenvalue weighted by Gasteiger charge is -2.29. The Morgan fingerprint density at radius 3 is 2.47 bits per heavy atom. The van der Waals surface area contributed by atoms with Crippen LogP contribution in [0.1, 0.15) is 20.3 Å². The summed E-state index contributed by atoms with van der Waals surface area (Å²) in [5, 5.41) is 14.0. The molecule has 2 atom stereocenters. The van der Waals surface area contributed by atoms with E-state index in [1.807, 2.05) is 6.92 Å². The largest absolute Gasteiger partial charge is 0.480 e. The molecule has 1 aliphatic heterocycles. The maximum Gasteiger partial charge on any atom is 0.326 e. The number of nitrogens with zero attached hydrogens (tertiary/aromatic N) is 1. The first-order chi connectivity index (χ1) is 9.02. The number of rotatable bonds is 6. The number of hydrogen-bond acceptors (Lipinski definition) is 4. The molecule has 1 heterocycles. The summed E-state index contributed by atoms with van der Waals surface area (Å²) in [6.07, 6.45) is 0.362. The van der Waals surface area contributed by atoms with E-state index in [1.54, 1.807) is 6.92 Å². The van der Waals surface area contributed by atoms with Crippen LogP contribution in [0.3, 0.4) is 0 Å². The molecule has 1 rings (SSSR count). The zero-order valence-corrected chi connectivity index (χ0v) is 11.5. The Labute approximate surface area is 113 Å². The molecule has 1 fully saturated rings. The van der Waals surface area contributed by atoms with Crippen molar-refractivity contribution in [2.75, 3.05) is 32.8 Å². The Morgan fingerprint density at radius 2 is 1.95 bits per heavy atom. The number of amides is 2. The van der Waals surface area contributed by atoms with E-state index in [2.05, 4.69) is 15.5 Å². The van der Waals surface area contributed by atoms with Crippen LogP contribution in [0.5, 0.6) is 0 Å². The van der Waals surface area contributed by atoms with E-state index in [0.29, 0.717) is 6.42 Å². The number of aliphatic carboxylic acids is 1. The molecular weight excluding hydrogens is 250 g/mol. The van der Waals surface area contributed by atoms with Crippen LogP contribution in [-0.2, 0) is 9.53 Å². The molecule has 110 valence electrons. The number of carboxylic acid groups (broad SMARTS) is 1. The SMILES string of the molecule is CC[C@@H](NC(=O)NC(C)CN1CCOCC1)C(=O)O. The molecule has 1 aliphatic rings. The topological polar surface area (TPSA) is 90.9 Å². The highest BCUT2D eigenvalue weighted by atomic mass is 16.5. The van der Waals surface area contributed by atoms with Crippen LogP contribution in [0.15, 0.2) is 0 Å². The van der Waals surface area contributed by atoms with Crippen LogP contribution in [-0.4, -0.2) is 66.9 Å². The molecule has 0 aliphatic carbocycles. The minimum Gasteiger partial charge on any atom is -0.480 e. The minimum atomic E-state index is -1.02. The van der Waals surface area contributed by atoms with E-state index < -0.39 is 18.0 Å². The highest BCUT2D eigenvalue weighted by Crippen LogP contribution is 1.98. The molecule has 7 heteroatoms. The van der Waals surface area contributed by atoms with Gasteiger partial charge in [0.25, 0.3) is 0 Å². The average molecular weight is 273 g/mol. The smallest absolute Gasteiger partial charge is 0.326 e. The second kappa shape index (κ2) is 7.96. The van der Waals surface area contributed by atoms with Crippen LogP contribution in [0.25, 0.3) is 0 Å². The zero-order chi connectivity index (χ0) is 14.3. The minimum absolute atomic E-state index is 0.0376. The fraction of sp³-hybridized carbons (Fsp3) is 0.833. The summed E-state index contributed by atoms with van der Waals surface area (Å²) >= 11 is 0. The van der Waals surface area contributed by atoms with E-state index in [1.165, 1.54) is 0 Å². The first kappa shape index (κ1) is 15.7. The van der Waals surface area contributed by atoms with E-state index >= 15 is 0 Å². The molecule has 7 nitrogen and oxygen atoms in total. The van der Waals surface area contributed by atoms with Crippen LogP contribution in [0, 0.1) is 0 Å². The Bertz CT molecular complexity index is 305. The van der Waals surface area contributed by atoms with E-state index in [4.69, 9.17) is 9.84 Å². The van der Waals surface area contributed by atoms with Crippen molar-refractivity contribution in [2.45, 2.75) is 32.4 Å². The molecule has 2 amide bonds. The molecular formula is C12H23N3O4. The van der Waals surface area contributed by atoms with Gasteiger partial charge in [-0.3, -0.25) is 4.90 Å². The maximum atomic E-state index is 11.6. The standard InChI is InChI=1S/C12H23N3O4/c1-3-10(11(16)17)14-12(18)13-9(2)8-15-4-6-19-7-5-15/h9-10H,3-8H2,1-2H3,(H,16,17)(H2,13,14,18)/t9?,10-/m1/s1. The molecule has 3 N–H and O–H groups in total. The lowest BCUT2D eigenvalue weighted by atomic mass is 10.2. The number of ether oxygens (including phenoxy) is 1. The van der Waals surface area contributed by atoms with Gasteiger partial charge in [-0.15, -0.1) is 0 Å². The van der Waals surface area contributed by atoms with Crippen molar-refractivity contribution < 1.29 is 19.4 Å². The third-order valence-corrected chi connectivity index (χ3v) is 3.02. The summed E-state index contributed by atoms with van der Waals surface area (Å²) in [6, 6.07) is -1.31. The summed E-state index contributed by atoms with van der Waals surface area (Å²) < 4.78 is 5.25. The number of nitrogens with one attached hydrogen (secondary N) is 2. The van der Waals surface area contributed by atoms with E-state index in [9.17, 15) is 9.59 Å². The predicted octanol–water partition coefficient (Wildman–Crippen LogP) is -0.130. The van der Waals surface area contributed by atoms with Gasteiger partial charge >= 0.3 is 12.0 Å². The van der Waals surface area contributed by atoms with Crippen LogP contribution >= 0.6 is 0 Å². The number of hydrogen-bond donors (Lipinski definition) is 3. The molecule has 19 heavy (non-hydrogen) atoms. The molecule has 0 aromatic rings. The van der Waals surface area contributed by atoms with Gasteiger partial charge in [-0.05, 0) is 13.3 Å². The molecule has 0 radical (unpaired) electrons. The van der Waals surface area contributed by atoms with Crippen molar-refractivity contribution in [3.8, 4) is 0 Å². The molecule has 0 spiro atoms. The van der Waals surface area contributed by atoms with Crippen molar-refractivity contribution in [1.29, 1.82) is 0 Å². The van der Waals surface area contributed by atoms with Crippen molar-refractivity contribution >= 4 is 12.0 Å². The van der Waals surface area contributed by atoms with Crippen LogP contribution in [0.2, 0.25) is 0 Å². The normalized spacial score (nSPS) is 19.5. The second-order valence-corrected chi connectivity index (χ2v) is 4.73. The number of urea groups is 1. The van der Waals surface area contributed by atoms with Gasteiger partial charge in [0.05, 0.1) is 13.2 Å². The van der Waals surface area contributed by atoms with Crippen LogP contribution < -0.4 is 10.6 Å². The zero-order valence-electron chi connectivity index (χ0n) is 11.5. The van der Waals surface area contributed by atoms with E-state index in [0.717, 1.165) is 32.8 Å². The van der Waals surface area contributed by atoms with Gasteiger partial charge in [-0.25, -0.2) is 9.59 Å². The monoisotopic (exact) mass is 273 g/mol. The Balaban J connectivity index is 2.28. The fourth-order valence-electron chi connectivity index (χ4n) is 1.98. The Kier molecular flexibility index (Phi) is 6.58. The molecule has 0 saturated carbocycles. The summed E-state index contributed by atoms with van der Waals surface area (Å²) in [6.45, 7) is 7.51. The van der Waals surface area contributed by atoms with Gasteiger partial charge in [0, 0.05) is 25.7 Å². The first-order valence-electron chi connectivity index (χ1n) is 6.62. The van der Waals surface area contributed by atoms with Gasteiger partial charge < -0.3 is 20.5 Å². The summed E-state index contributed by atoms with van der Waals surface area (Å²) in [5.41, 5.74) is 0. The highest BCUT2D eigenvalue weighted by Gasteiger charge is 2.19. The number of carbonyl (C=O) groups excluding carboxylic acids is 1. The molecule has 1 unspecified atom stereocenters. The first-order valence-corrected chi connectivity index (χ1v) is 6.62. The van der Waals surface area contributed by atoms with Crippen molar-refractivity contribution in [3.63, 3.8) is 0 Å². The highest BCUT2D eigenvalue weighted by molar-refractivity contribution is 5.82. The van der Waals surface area contributed by atoms with E-state index in [-0.39, 0.29) is 6.04 Å². The molecule has 1 saturated heterocycles. The van der Waals surface area contributed by atoms with Crippen molar-refractivity contribution in [2.24, 2.45) is 0 Å². The quantitative estimate of drug-likeness (QED) is 0.627. The number of morpholine rings is 1. The van der Waals surface area contributed by atoms with Gasteiger partial charge in [-0.1, -0.05) is 6.92 Å². The van der Waals surface area contributed by atoms with Gasteiger partial charge in [0.1, 0.15) is 6.04 Å². The van der Waals surface area contributed by atoms with Gasteiger partial charge in [0.2, 0.25) is 0 Å². The Morgan fingerprint density at radius 1 is 1.32 bits per heavy atom. The number of carboxylic acids is 1. The third kappa shape index (κ3) is 5.89. The second-order valence-electron chi connectivity index (χ2n) is 4.73. The fourth-order valence-corrected chi connectivity index (χ4v) is 1.98. The lowest BCUT2D eigenvalue weighted by molar-refractivity contribution is -0.139.